The number of pyridine rings is 1. The van der Waals surface area contributed by atoms with Gasteiger partial charge in [0.25, 0.3) is 5.91 Å². The molecule has 25 heavy (non-hydrogen) atoms. The lowest BCUT2D eigenvalue weighted by molar-refractivity contribution is 0.0944. The molecule has 0 bridgehead atoms. The number of carbonyl (C=O) groups excluding carboxylic acids is 1. The molecule has 1 fully saturated rings. The molecule has 3 heterocycles. The highest BCUT2D eigenvalue weighted by atomic mass is 32.1. The lowest BCUT2D eigenvalue weighted by Crippen LogP contribution is -2.48. The van der Waals surface area contributed by atoms with Crippen LogP contribution in [0.2, 0.25) is 0 Å². The van der Waals surface area contributed by atoms with Crippen LogP contribution in [-0.2, 0) is 11.8 Å². The van der Waals surface area contributed by atoms with Gasteiger partial charge in [0.2, 0.25) is 0 Å². The number of carbonyl (C=O) groups is 1. The van der Waals surface area contributed by atoms with Gasteiger partial charge in [-0.15, -0.1) is 0 Å². The van der Waals surface area contributed by atoms with Crippen LogP contribution in [0.15, 0.2) is 6.07 Å². The van der Waals surface area contributed by atoms with Crippen LogP contribution < -0.4 is 16.2 Å². The van der Waals surface area contributed by atoms with Crippen LogP contribution in [0, 0.1) is 13.8 Å². The molecular formula is C16H22N6O2S. The Morgan fingerprint density at radius 3 is 2.96 bits per heavy atom. The molecule has 0 radical (unpaired) electrons. The second-order valence-electron chi connectivity index (χ2n) is 6.14. The van der Waals surface area contributed by atoms with Crippen molar-refractivity contribution < 1.29 is 9.53 Å². The molecule has 0 aromatic carbocycles. The SMILES string of the molecule is Cc1cc(C(=O)NNC(=S)NCC2CCCO2)c2c(C)nn(C)c2n1. The van der Waals surface area contributed by atoms with Gasteiger partial charge in [0, 0.05) is 25.9 Å². The lowest BCUT2D eigenvalue weighted by Gasteiger charge is -2.15. The maximum Gasteiger partial charge on any atom is 0.270 e. The Balaban J connectivity index is 1.65. The van der Waals surface area contributed by atoms with Gasteiger partial charge in [0.1, 0.15) is 0 Å². The summed E-state index contributed by atoms with van der Waals surface area (Å²) in [6.45, 7) is 5.13. The zero-order chi connectivity index (χ0) is 18.0. The van der Waals surface area contributed by atoms with E-state index >= 15 is 0 Å². The van der Waals surface area contributed by atoms with Crippen molar-refractivity contribution >= 4 is 34.3 Å². The van der Waals surface area contributed by atoms with E-state index in [1.165, 1.54) is 0 Å². The average molecular weight is 362 g/mol. The van der Waals surface area contributed by atoms with Crippen LogP contribution >= 0.6 is 12.2 Å². The Hall–Kier alpha value is -2.26. The van der Waals surface area contributed by atoms with E-state index in [-0.39, 0.29) is 12.0 Å². The molecule has 1 unspecified atom stereocenters. The summed E-state index contributed by atoms with van der Waals surface area (Å²) in [6, 6.07) is 1.75. The van der Waals surface area contributed by atoms with Gasteiger partial charge >= 0.3 is 0 Å². The fraction of sp³-hybridized carbons (Fsp3) is 0.500. The minimum Gasteiger partial charge on any atom is -0.376 e. The van der Waals surface area contributed by atoms with Crippen molar-refractivity contribution in [2.75, 3.05) is 13.2 Å². The van der Waals surface area contributed by atoms with E-state index in [2.05, 4.69) is 26.3 Å². The predicted octanol–water partition coefficient (Wildman–Crippen LogP) is 0.873. The fourth-order valence-electron chi connectivity index (χ4n) is 2.99. The summed E-state index contributed by atoms with van der Waals surface area (Å²) in [6.07, 6.45) is 2.28. The number of aromatic nitrogens is 3. The maximum absolute atomic E-state index is 12.6. The van der Waals surface area contributed by atoms with Gasteiger partial charge in [0.15, 0.2) is 10.8 Å². The van der Waals surface area contributed by atoms with Gasteiger partial charge in [-0.25, -0.2) is 4.98 Å². The van der Waals surface area contributed by atoms with Gasteiger partial charge < -0.3 is 10.1 Å². The Morgan fingerprint density at radius 1 is 1.44 bits per heavy atom. The number of hydrogen-bond donors (Lipinski definition) is 3. The molecule has 1 aliphatic rings. The largest absolute Gasteiger partial charge is 0.376 e. The van der Waals surface area contributed by atoms with Crippen molar-refractivity contribution in [2.24, 2.45) is 7.05 Å². The molecular weight excluding hydrogens is 340 g/mol. The first kappa shape index (κ1) is 17.6. The summed E-state index contributed by atoms with van der Waals surface area (Å²) < 4.78 is 7.20. The van der Waals surface area contributed by atoms with E-state index in [1.807, 2.05) is 20.9 Å². The molecule has 2 aromatic heterocycles. The van der Waals surface area contributed by atoms with E-state index in [9.17, 15) is 4.79 Å². The second-order valence-corrected chi connectivity index (χ2v) is 6.55. The van der Waals surface area contributed by atoms with Crippen LogP contribution in [0.1, 0.15) is 34.6 Å². The topological polar surface area (TPSA) is 93.1 Å². The molecule has 8 nitrogen and oxygen atoms in total. The molecule has 0 spiro atoms. The monoisotopic (exact) mass is 362 g/mol. The van der Waals surface area contributed by atoms with Crippen molar-refractivity contribution in [3.8, 4) is 0 Å². The van der Waals surface area contributed by atoms with Crippen LogP contribution in [0.3, 0.4) is 0 Å². The molecule has 134 valence electrons. The minimum atomic E-state index is -0.284. The highest BCUT2D eigenvalue weighted by Gasteiger charge is 2.18. The van der Waals surface area contributed by atoms with E-state index in [1.54, 1.807) is 10.7 Å². The first-order valence-electron chi connectivity index (χ1n) is 8.22. The summed E-state index contributed by atoms with van der Waals surface area (Å²) >= 11 is 5.19. The zero-order valence-electron chi connectivity index (χ0n) is 14.5. The smallest absolute Gasteiger partial charge is 0.270 e. The summed E-state index contributed by atoms with van der Waals surface area (Å²) in [4.78, 5) is 17.0. The van der Waals surface area contributed by atoms with Gasteiger partial charge in [-0.05, 0) is 45.0 Å². The molecule has 0 aliphatic carbocycles. The first-order valence-corrected chi connectivity index (χ1v) is 8.63. The summed E-state index contributed by atoms with van der Waals surface area (Å²) in [5.74, 6) is -0.284. The highest BCUT2D eigenvalue weighted by molar-refractivity contribution is 7.80. The maximum atomic E-state index is 12.6. The summed E-state index contributed by atoms with van der Waals surface area (Å²) in [5.41, 5.74) is 8.07. The molecule has 1 aliphatic heterocycles. The molecule has 9 heteroatoms. The Labute approximate surface area is 151 Å². The number of fused-ring (bicyclic) bond motifs is 1. The fourth-order valence-corrected chi connectivity index (χ4v) is 3.12. The summed E-state index contributed by atoms with van der Waals surface area (Å²) in [7, 11) is 1.81. The van der Waals surface area contributed by atoms with Crippen molar-refractivity contribution in [3.05, 3.63) is 23.0 Å². The number of rotatable bonds is 3. The van der Waals surface area contributed by atoms with Gasteiger partial charge in [-0.2, -0.15) is 5.10 Å². The highest BCUT2D eigenvalue weighted by Crippen LogP contribution is 2.21. The number of nitrogens with zero attached hydrogens (tertiary/aromatic N) is 3. The van der Waals surface area contributed by atoms with Crippen LogP contribution in [0.4, 0.5) is 0 Å². The third-order valence-electron chi connectivity index (χ3n) is 4.15. The number of thiocarbonyl (C=S) groups is 1. The van der Waals surface area contributed by atoms with E-state index < -0.39 is 0 Å². The molecule has 1 atom stereocenters. The summed E-state index contributed by atoms with van der Waals surface area (Å²) in [5, 5.41) is 8.49. The van der Waals surface area contributed by atoms with Crippen molar-refractivity contribution in [1.82, 2.24) is 30.9 Å². The second kappa shape index (κ2) is 7.32. The zero-order valence-corrected chi connectivity index (χ0v) is 15.4. The lowest BCUT2D eigenvalue weighted by atomic mass is 10.1. The number of nitrogens with one attached hydrogen (secondary N) is 3. The third kappa shape index (κ3) is 3.88. The van der Waals surface area contributed by atoms with Crippen LogP contribution in [0.5, 0.6) is 0 Å². The normalized spacial score (nSPS) is 16.8. The number of hydrogen-bond acceptors (Lipinski definition) is 5. The van der Waals surface area contributed by atoms with Gasteiger partial charge in [0.05, 0.1) is 22.7 Å². The number of aryl methyl sites for hydroxylation is 3. The Kier molecular flexibility index (Phi) is 5.14. The Bertz CT molecular complexity index is 813. The van der Waals surface area contributed by atoms with Gasteiger partial charge in [-0.1, -0.05) is 0 Å². The minimum absolute atomic E-state index is 0.177. The van der Waals surface area contributed by atoms with Gasteiger partial charge in [-0.3, -0.25) is 20.3 Å². The number of hydrazine groups is 1. The predicted molar refractivity (Wildman–Crippen MR) is 98.2 cm³/mol. The quantitative estimate of drug-likeness (QED) is 0.551. The van der Waals surface area contributed by atoms with Crippen molar-refractivity contribution in [1.29, 1.82) is 0 Å². The average Bonchev–Trinajstić information content (AvgIpc) is 3.19. The molecule has 1 saturated heterocycles. The van der Waals surface area contributed by atoms with E-state index in [0.29, 0.717) is 22.9 Å². The van der Waals surface area contributed by atoms with Crippen molar-refractivity contribution in [2.45, 2.75) is 32.8 Å². The van der Waals surface area contributed by atoms with E-state index in [0.717, 1.165) is 36.2 Å². The third-order valence-corrected chi connectivity index (χ3v) is 4.39. The molecule has 1 amide bonds. The molecule has 3 N–H and O–H groups in total. The standard InChI is InChI=1S/C16H22N6O2S/c1-9-7-12(13-10(2)21-22(3)14(13)18-9)15(23)19-20-16(25)17-8-11-5-4-6-24-11/h7,11H,4-6,8H2,1-3H3,(H,19,23)(H2,17,20,25). The van der Waals surface area contributed by atoms with E-state index in [4.69, 9.17) is 17.0 Å². The number of ether oxygens (including phenoxy) is 1. The molecule has 0 saturated carbocycles. The number of amides is 1. The molecule has 2 aromatic rings. The van der Waals surface area contributed by atoms with Crippen molar-refractivity contribution in [3.63, 3.8) is 0 Å². The molecule has 3 rings (SSSR count). The first-order chi connectivity index (χ1) is 12.0. The Morgan fingerprint density at radius 2 is 2.24 bits per heavy atom. The van der Waals surface area contributed by atoms with Crippen LogP contribution in [0.25, 0.3) is 11.0 Å². The van der Waals surface area contributed by atoms with Crippen LogP contribution in [-0.4, -0.2) is 45.0 Å².